The molecule has 1 aliphatic rings. The first kappa shape index (κ1) is 37.6. The van der Waals surface area contributed by atoms with Gasteiger partial charge >= 0.3 is 11.9 Å². The molecule has 0 radical (unpaired) electrons. The summed E-state index contributed by atoms with van der Waals surface area (Å²) in [4.78, 5) is 23.6. The lowest BCUT2D eigenvalue weighted by molar-refractivity contribution is -0.153. The molecule has 0 spiro atoms. The molecule has 4 nitrogen and oxygen atoms in total. The molecule has 1 aliphatic heterocycles. The zero-order valence-electron chi connectivity index (χ0n) is 15.8. The van der Waals surface area contributed by atoms with Crippen LogP contribution in [0.2, 0.25) is 0 Å². The van der Waals surface area contributed by atoms with E-state index >= 15 is 0 Å². The van der Waals surface area contributed by atoms with Crippen LogP contribution in [0.25, 0.3) is 0 Å². The van der Waals surface area contributed by atoms with Gasteiger partial charge in [0.05, 0.1) is 11.8 Å². The van der Waals surface area contributed by atoms with Gasteiger partial charge in [0, 0.05) is 34.5 Å². The van der Waals surface area contributed by atoms with E-state index in [0.29, 0.717) is 12.8 Å². The zero-order valence-corrected chi connectivity index (χ0v) is 19.1. The molecule has 1 saturated heterocycles. The number of thioether (sulfide) groups is 4. The maximum atomic E-state index is 12.4. The van der Waals surface area contributed by atoms with Gasteiger partial charge in [-0.15, -0.1) is 0 Å². The van der Waals surface area contributed by atoms with Crippen molar-refractivity contribution in [2.45, 2.75) is 68.9 Å². The topological polar surface area (TPSA) is 63.6 Å². The lowest BCUT2D eigenvalue weighted by Crippen LogP contribution is -2.29. The fourth-order valence-corrected chi connectivity index (χ4v) is 7.05. The lowest BCUT2D eigenvalue weighted by Gasteiger charge is -2.21. The van der Waals surface area contributed by atoms with Crippen molar-refractivity contribution in [1.29, 1.82) is 0 Å². The first-order valence-corrected chi connectivity index (χ1v) is 13.9. The molecule has 0 aromatic rings. The molecule has 0 aromatic heterocycles. The van der Waals surface area contributed by atoms with E-state index in [1.807, 2.05) is 54.0 Å². The van der Waals surface area contributed by atoms with Crippen LogP contribution < -0.4 is 0 Å². The normalized spacial score (nSPS) is 18.5. The number of esters is 1. The van der Waals surface area contributed by atoms with Gasteiger partial charge in [0.25, 0.3) is 0 Å². The fourth-order valence-electron chi connectivity index (χ4n) is 2.49. The van der Waals surface area contributed by atoms with Crippen molar-refractivity contribution in [3.8, 4) is 0 Å². The minimum Gasteiger partial charge on any atom is -0.481 e. The molecule has 1 N–H and O–H groups in total. The number of ether oxygens (including phenoxy) is 1. The largest absolute Gasteiger partial charge is 0.481 e. The van der Waals surface area contributed by atoms with Gasteiger partial charge in [0.2, 0.25) is 0 Å². The van der Waals surface area contributed by atoms with Crippen LogP contribution in [0.4, 0.5) is 0 Å². The Bertz CT molecular complexity index is 397. The summed E-state index contributed by atoms with van der Waals surface area (Å²) in [5, 5.41) is 9.18. The number of carboxylic acid groups (broad SMARTS) is 1. The number of hydrogen-bond acceptors (Lipinski definition) is 7. The van der Waals surface area contributed by atoms with Crippen LogP contribution in [0, 0.1) is 11.8 Å². The highest BCUT2D eigenvalue weighted by molar-refractivity contribution is 8.04. The van der Waals surface area contributed by atoms with Crippen LogP contribution in [0.1, 0.15) is 62.8 Å². The Labute approximate surface area is 204 Å². The van der Waals surface area contributed by atoms with Crippen molar-refractivity contribution < 1.29 is 19.4 Å². The highest BCUT2D eigenvalue weighted by atomic mass is 32.2. The highest BCUT2D eigenvalue weighted by Crippen LogP contribution is 2.21. The van der Waals surface area contributed by atoms with Crippen molar-refractivity contribution in [2.75, 3.05) is 46.0 Å². The summed E-state index contributed by atoms with van der Waals surface area (Å²) >= 11 is 7.73. The third-order valence-corrected chi connectivity index (χ3v) is 8.95. The third-order valence-electron chi connectivity index (χ3n) is 4.09. The monoisotopic (exact) mass is 504 g/mol. The van der Waals surface area contributed by atoms with Crippen LogP contribution in [0.15, 0.2) is 0 Å². The second kappa shape index (κ2) is 24.0. The molecule has 0 saturated carbocycles. The summed E-state index contributed by atoms with van der Waals surface area (Å²) in [5.41, 5.74) is 0. The van der Waals surface area contributed by atoms with Gasteiger partial charge in [-0.1, -0.05) is 43.6 Å². The van der Waals surface area contributed by atoms with E-state index in [1.165, 1.54) is 17.9 Å². The van der Waals surface area contributed by atoms with E-state index < -0.39 is 11.9 Å². The Hall–Kier alpha value is 0.340. The van der Waals surface area contributed by atoms with Crippen LogP contribution in [-0.2, 0) is 14.3 Å². The Morgan fingerprint density at radius 2 is 1.37 bits per heavy atom. The minimum absolute atomic E-state index is 0. The van der Waals surface area contributed by atoms with E-state index in [4.69, 9.17) is 4.74 Å². The number of rotatable bonds is 6. The Balaban J connectivity index is -0.000000845. The van der Waals surface area contributed by atoms with Crippen molar-refractivity contribution in [3.63, 3.8) is 0 Å². The van der Waals surface area contributed by atoms with E-state index in [9.17, 15) is 14.7 Å². The molecule has 30 heavy (non-hydrogen) atoms. The van der Waals surface area contributed by atoms with E-state index in [1.54, 1.807) is 6.92 Å². The molecule has 1 fully saturated rings. The third kappa shape index (κ3) is 18.0. The molecule has 1 heterocycles. The maximum absolute atomic E-state index is 12.4. The van der Waals surface area contributed by atoms with Crippen molar-refractivity contribution >= 4 is 59.0 Å². The molecule has 8 heteroatoms. The molecular formula is C22H48O4S4. The van der Waals surface area contributed by atoms with Crippen LogP contribution in [0.5, 0.6) is 0 Å². The Kier molecular flexibility index (Phi) is 30.1. The number of carboxylic acids is 1. The number of aliphatic carboxylic acids is 1. The molecule has 2 atom stereocenters. The first-order valence-electron chi connectivity index (χ1n) is 9.28. The average Bonchev–Trinajstić information content (AvgIpc) is 2.62. The zero-order chi connectivity index (χ0) is 19.2. The van der Waals surface area contributed by atoms with Crippen LogP contribution in [0.3, 0.4) is 0 Å². The van der Waals surface area contributed by atoms with Gasteiger partial charge in [-0.3, -0.25) is 9.59 Å². The summed E-state index contributed by atoms with van der Waals surface area (Å²) in [7, 11) is 0. The lowest BCUT2D eigenvalue weighted by atomic mass is 9.94. The van der Waals surface area contributed by atoms with E-state index in [-0.39, 0.29) is 47.7 Å². The molecule has 0 amide bonds. The average molecular weight is 505 g/mol. The standard InChI is InChI=1S/C18H32O4S4.4CH4/c1-3-15(17(19)20)11-14(2)18(21)22-16-12-25-9-7-23-5-4-6-24-8-10-26-13-16;;;;/h14-16H,3-13H2,1-2H3,(H,19,20);4*1H4. The summed E-state index contributed by atoms with van der Waals surface area (Å²) in [6.07, 6.45) is 2.10. The summed E-state index contributed by atoms with van der Waals surface area (Å²) in [5.74, 6) is 6.68. The molecule has 184 valence electrons. The summed E-state index contributed by atoms with van der Waals surface area (Å²) < 4.78 is 5.75. The summed E-state index contributed by atoms with van der Waals surface area (Å²) in [6, 6.07) is 0. The smallest absolute Gasteiger partial charge is 0.309 e. The highest BCUT2D eigenvalue weighted by Gasteiger charge is 2.25. The van der Waals surface area contributed by atoms with Crippen molar-refractivity contribution in [2.24, 2.45) is 11.8 Å². The molecule has 0 bridgehead atoms. The van der Waals surface area contributed by atoms with Crippen molar-refractivity contribution in [1.82, 2.24) is 0 Å². The molecular weight excluding hydrogens is 457 g/mol. The molecule has 1 rings (SSSR count). The first-order chi connectivity index (χ1) is 12.5. The fraction of sp³-hybridized carbons (Fsp3) is 0.909. The molecule has 0 aromatic carbocycles. The number of carbonyl (C=O) groups is 2. The van der Waals surface area contributed by atoms with Gasteiger partial charge < -0.3 is 9.84 Å². The summed E-state index contributed by atoms with van der Waals surface area (Å²) in [6.45, 7) is 3.63. The second-order valence-corrected chi connectivity index (χ2v) is 11.1. The van der Waals surface area contributed by atoms with Crippen molar-refractivity contribution in [3.05, 3.63) is 0 Å². The number of hydrogen-bond donors (Lipinski definition) is 1. The predicted octanol–water partition coefficient (Wildman–Crippen LogP) is 6.92. The maximum Gasteiger partial charge on any atom is 0.309 e. The van der Waals surface area contributed by atoms with Gasteiger partial charge in [0.1, 0.15) is 6.10 Å². The Morgan fingerprint density at radius 1 is 0.900 bits per heavy atom. The SMILES string of the molecule is C.C.C.C.CCC(CC(C)C(=O)OC1CSCCSCCCSCCSC1)C(=O)O. The quantitative estimate of drug-likeness (QED) is 0.391. The van der Waals surface area contributed by atoms with E-state index in [0.717, 1.165) is 34.5 Å². The van der Waals surface area contributed by atoms with Gasteiger partial charge in [0.15, 0.2) is 0 Å². The minimum atomic E-state index is -0.828. The second-order valence-electron chi connectivity index (χ2n) is 6.37. The van der Waals surface area contributed by atoms with Gasteiger partial charge in [-0.2, -0.15) is 47.0 Å². The Morgan fingerprint density at radius 3 is 1.80 bits per heavy atom. The number of carbonyl (C=O) groups excluding carboxylic acids is 1. The predicted molar refractivity (Wildman–Crippen MR) is 146 cm³/mol. The van der Waals surface area contributed by atoms with Crippen LogP contribution in [-0.4, -0.2) is 69.2 Å². The van der Waals surface area contributed by atoms with Gasteiger partial charge in [-0.05, 0) is 30.8 Å². The van der Waals surface area contributed by atoms with Gasteiger partial charge in [-0.25, -0.2) is 0 Å². The molecule has 0 aliphatic carbocycles. The van der Waals surface area contributed by atoms with Crippen LogP contribution >= 0.6 is 47.0 Å². The van der Waals surface area contributed by atoms with E-state index in [2.05, 4.69) is 0 Å². The molecule has 2 unspecified atom stereocenters.